The highest BCUT2D eigenvalue weighted by Crippen LogP contribution is 2.13. The Morgan fingerprint density at radius 1 is 0.826 bits per heavy atom. The van der Waals surface area contributed by atoms with Gasteiger partial charge in [-0.3, -0.25) is 29.0 Å². The molecule has 5 amide bonds. The Kier molecular flexibility index (Phi) is 17.3. The number of likely N-dealkylation sites (N-methyl/N-ethyl adjacent to an activating group) is 1. The normalized spacial score (nSPS) is 14.4. The highest BCUT2D eigenvalue weighted by atomic mass is 16.3. The maximum absolute atomic E-state index is 13.7. The summed E-state index contributed by atoms with van der Waals surface area (Å²) in [5, 5.41) is 17.6. The summed E-state index contributed by atoms with van der Waals surface area (Å²) in [6.45, 7) is 7.14. The van der Waals surface area contributed by atoms with E-state index in [-0.39, 0.29) is 50.0 Å². The van der Waals surface area contributed by atoms with Gasteiger partial charge in [0, 0.05) is 20.0 Å². The molecule has 0 aromatic heterocycles. The summed E-state index contributed by atoms with van der Waals surface area (Å²) >= 11 is 0. The van der Waals surface area contributed by atoms with E-state index >= 15 is 0 Å². The van der Waals surface area contributed by atoms with E-state index in [0.29, 0.717) is 6.42 Å². The van der Waals surface area contributed by atoms with E-state index < -0.39 is 66.4 Å². The molecule has 5 atom stereocenters. The Labute approximate surface area is 271 Å². The number of nitrogens with two attached hydrogens (primary N) is 4. The van der Waals surface area contributed by atoms with E-state index in [0.717, 1.165) is 5.56 Å². The van der Waals surface area contributed by atoms with Gasteiger partial charge in [-0.2, -0.15) is 0 Å². The molecule has 0 saturated carbocycles. The number of hydrogen-bond donors (Lipinski definition) is 8. The molecule has 0 saturated heterocycles. The summed E-state index contributed by atoms with van der Waals surface area (Å²) in [4.78, 5) is 70.7. The highest BCUT2D eigenvalue weighted by Gasteiger charge is 2.34. The van der Waals surface area contributed by atoms with Crippen LogP contribution in [0.4, 0.5) is 0 Å². The lowest BCUT2D eigenvalue weighted by atomic mass is 9.98. The van der Waals surface area contributed by atoms with Crippen molar-refractivity contribution >= 4 is 35.5 Å². The van der Waals surface area contributed by atoms with E-state index in [1.165, 1.54) is 11.9 Å². The first-order chi connectivity index (χ1) is 21.6. The van der Waals surface area contributed by atoms with Crippen LogP contribution in [-0.4, -0.2) is 95.9 Å². The van der Waals surface area contributed by atoms with Crippen LogP contribution in [0.2, 0.25) is 0 Å². The molecular formula is C31H53N9O6. The Bertz CT molecular complexity index is 1170. The number of benzene rings is 1. The zero-order chi connectivity index (χ0) is 35.0. The van der Waals surface area contributed by atoms with E-state index in [1.54, 1.807) is 24.3 Å². The zero-order valence-corrected chi connectivity index (χ0v) is 27.6. The van der Waals surface area contributed by atoms with Crippen LogP contribution >= 0.6 is 0 Å². The van der Waals surface area contributed by atoms with Gasteiger partial charge in [0.05, 0.1) is 6.61 Å². The Morgan fingerprint density at radius 2 is 1.33 bits per heavy atom. The number of nitrogens with one attached hydrogen (secondary N) is 3. The number of guanidine groups is 1. The van der Waals surface area contributed by atoms with Gasteiger partial charge in [0.25, 0.3) is 0 Å². The molecule has 0 spiro atoms. The maximum Gasteiger partial charge on any atom is 0.243 e. The van der Waals surface area contributed by atoms with Gasteiger partial charge in [-0.25, -0.2) is 0 Å². The molecule has 1 rings (SSSR count). The highest BCUT2D eigenvalue weighted by molar-refractivity contribution is 5.95. The zero-order valence-electron chi connectivity index (χ0n) is 27.6. The van der Waals surface area contributed by atoms with Gasteiger partial charge in [0.1, 0.15) is 30.2 Å². The van der Waals surface area contributed by atoms with Crippen LogP contribution in [-0.2, 0) is 30.4 Å². The van der Waals surface area contributed by atoms with Crippen LogP contribution in [0.15, 0.2) is 35.3 Å². The number of amides is 5. The lowest BCUT2D eigenvalue weighted by Gasteiger charge is -2.31. The molecule has 46 heavy (non-hydrogen) atoms. The quantitative estimate of drug-likeness (QED) is 0.0463. The van der Waals surface area contributed by atoms with Gasteiger partial charge in [0.15, 0.2) is 5.96 Å². The number of carbonyl (C=O) groups excluding carboxylic acids is 5. The minimum atomic E-state index is -1.23. The van der Waals surface area contributed by atoms with Crippen molar-refractivity contribution < 1.29 is 29.1 Å². The van der Waals surface area contributed by atoms with Crippen LogP contribution in [0.5, 0.6) is 0 Å². The molecule has 0 fully saturated rings. The SMILES string of the molecule is CC(C)C[C@H](NC(=O)[C@H](CC(C)C)NC(=O)[C@H](Cc1ccccc1)N(C)C(=O)[C@@H](N)CO)C(=O)N[C@@H](CCCN=C(N)N)C(N)=O. The minimum Gasteiger partial charge on any atom is -0.394 e. The van der Waals surface area contributed by atoms with Crippen molar-refractivity contribution in [1.29, 1.82) is 0 Å². The molecule has 0 unspecified atom stereocenters. The molecule has 0 aliphatic rings. The largest absolute Gasteiger partial charge is 0.394 e. The van der Waals surface area contributed by atoms with Crippen molar-refractivity contribution in [3.05, 3.63) is 35.9 Å². The first-order valence-electron chi connectivity index (χ1n) is 15.5. The van der Waals surface area contributed by atoms with Gasteiger partial charge in [0.2, 0.25) is 29.5 Å². The topological polar surface area (TPSA) is 261 Å². The lowest BCUT2D eigenvalue weighted by molar-refractivity contribution is -0.141. The van der Waals surface area contributed by atoms with Crippen LogP contribution in [0.25, 0.3) is 0 Å². The second-order valence-electron chi connectivity index (χ2n) is 12.2. The molecule has 15 nitrogen and oxygen atoms in total. The van der Waals surface area contributed by atoms with E-state index in [1.807, 2.05) is 33.8 Å². The van der Waals surface area contributed by atoms with Crippen LogP contribution in [0, 0.1) is 11.8 Å². The van der Waals surface area contributed by atoms with Gasteiger partial charge in [-0.15, -0.1) is 0 Å². The van der Waals surface area contributed by atoms with Crippen molar-refractivity contribution in [3.63, 3.8) is 0 Å². The molecule has 1 aromatic rings. The molecule has 0 aliphatic heterocycles. The summed E-state index contributed by atoms with van der Waals surface area (Å²) in [6.07, 6.45) is 1.15. The molecule has 0 bridgehead atoms. The van der Waals surface area contributed by atoms with Gasteiger partial charge in [-0.05, 0) is 43.1 Å². The predicted molar refractivity (Wildman–Crippen MR) is 176 cm³/mol. The van der Waals surface area contributed by atoms with Crippen LogP contribution in [0.1, 0.15) is 58.9 Å². The number of hydrogen-bond acceptors (Lipinski definition) is 8. The summed E-state index contributed by atoms with van der Waals surface area (Å²) in [5.74, 6) is -3.35. The molecule has 15 heteroatoms. The first-order valence-corrected chi connectivity index (χ1v) is 15.5. The number of aliphatic hydroxyl groups is 1. The average molecular weight is 648 g/mol. The van der Waals surface area contributed by atoms with Gasteiger partial charge in [-0.1, -0.05) is 58.0 Å². The second-order valence-corrected chi connectivity index (χ2v) is 12.2. The number of rotatable bonds is 20. The number of carbonyl (C=O) groups is 5. The molecule has 0 aliphatic carbocycles. The maximum atomic E-state index is 13.7. The average Bonchev–Trinajstić information content (AvgIpc) is 2.99. The van der Waals surface area contributed by atoms with Crippen molar-refractivity contribution in [3.8, 4) is 0 Å². The molecule has 258 valence electrons. The number of nitrogens with zero attached hydrogens (tertiary/aromatic N) is 2. The minimum absolute atomic E-state index is 0.0197. The van der Waals surface area contributed by atoms with E-state index in [9.17, 15) is 29.1 Å². The van der Waals surface area contributed by atoms with Crippen LogP contribution < -0.4 is 38.9 Å². The summed E-state index contributed by atoms with van der Waals surface area (Å²) in [5.41, 5.74) is 22.7. The number of primary amides is 1. The first kappa shape index (κ1) is 39.8. The van der Waals surface area contributed by atoms with E-state index in [4.69, 9.17) is 22.9 Å². The fourth-order valence-electron chi connectivity index (χ4n) is 4.74. The Hall–Kier alpha value is -4.24. The van der Waals surface area contributed by atoms with E-state index in [2.05, 4.69) is 20.9 Å². The van der Waals surface area contributed by atoms with Crippen molar-refractivity contribution in [2.45, 2.75) is 90.0 Å². The third-order valence-corrected chi connectivity index (χ3v) is 7.19. The second kappa shape index (κ2) is 20.0. The molecular weight excluding hydrogens is 594 g/mol. The lowest BCUT2D eigenvalue weighted by Crippen LogP contribution is -2.59. The van der Waals surface area contributed by atoms with Gasteiger partial charge >= 0.3 is 0 Å². The van der Waals surface area contributed by atoms with Crippen molar-refractivity contribution in [2.24, 2.45) is 39.8 Å². The molecule has 1 aromatic carbocycles. The standard InChI is InChI=1S/C31H53N9O6/c1-18(2)14-23(27(43)37-22(26(33)42)12-9-13-36-31(34)35)38-28(44)24(15-19(3)4)39-29(45)25(16-20-10-7-6-8-11-20)40(5)30(46)21(32)17-41/h6-8,10-11,18-19,21-25,41H,9,12-17,32H2,1-5H3,(H2,33,42)(H,37,43)(H,38,44)(H,39,45)(H4,34,35,36)/t21-,22-,23-,24-,25-/m0/s1. The van der Waals surface area contributed by atoms with Gasteiger partial charge < -0.3 is 48.9 Å². The predicted octanol–water partition coefficient (Wildman–Crippen LogP) is -1.54. The Balaban J connectivity index is 3.22. The Morgan fingerprint density at radius 3 is 1.78 bits per heavy atom. The van der Waals surface area contributed by atoms with Crippen molar-refractivity contribution in [2.75, 3.05) is 20.2 Å². The third-order valence-electron chi connectivity index (χ3n) is 7.19. The van der Waals surface area contributed by atoms with Crippen LogP contribution in [0.3, 0.4) is 0 Å². The molecule has 0 heterocycles. The smallest absolute Gasteiger partial charge is 0.243 e. The fourth-order valence-corrected chi connectivity index (χ4v) is 4.74. The fraction of sp³-hybridized carbons (Fsp3) is 0.613. The third kappa shape index (κ3) is 14.2. The number of aliphatic imine (C=N–C) groups is 1. The summed E-state index contributed by atoms with van der Waals surface area (Å²) in [7, 11) is 1.41. The summed E-state index contributed by atoms with van der Waals surface area (Å²) in [6, 6.07) is 3.63. The number of aliphatic hydroxyl groups excluding tert-OH is 1. The molecule has 0 radical (unpaired) electrons. The monoisotopic (exact) mass is 647 g/mol. The van der Waals surface area contributed by atoms with Crippen molar-refractivity contribution in [1.82, 2.24) is 20.9 Å². The summed E-state index contributed by atoms with van der Waals surface area (Å²) < 4.78 is 0. The molecule has 12 N–H and O–H groups in total.